The van der Waals surface area contributed by atoms with Crippen LogP contribution in [0.1, 0.15) is 0 Å². The second-order valence-corrected chi connectivity index (χ2v) is 4.08. The summed E-state index contributed by atoms with van der Waals surface area (Å²) in [6.07, 6.45) is 0. The smallest absolute Gasteiger partial charge is 0.00671 e. The molecular formula is C4H11NSi. The molecule has 2 heteroatoms. The van der Waals surface area contributed by atoms with Crippen molar-refractivity contribution >= 4 is 14.1 Å². The third-order valence-corrected chi connectivity index (χ3v) is 1.58. The zero-order valence-electron chi connectivity index (χ0n) is 4.36. The minimum absolute atomic E-state index is 0.136. The molecule has 0 aromatic heterocycles. The maximum absolute atomic E-state index is 5.20. The lowest BCUT2D eigenvalue weighted by Gasteiger charge is -1.79. The van der Waals surface area contributed by atoms with Crippen LogP contribution in [0.5, 0.6) is 0 Å². The fourth-order valence-corrected chi connectivity index (χ4v) is 0.707. The van der Waals surface area contributed by atoms with Crippen molar-refractivity contribution in [3.63, 3.8) is 0 Å². The van der Waals surface area contributed by atoms with Crippen LogP contribution in [-0.2, 0) is 0 Å². The van der Waals surface area contributed by atoms with Crippen LogP contribution in [0.4, 0.5) is 0 Å². The Kier molecular flexibility index (Phi) is 3.27. The van der Waals surface area contributed by atoms with E-state index in [0.717, 1.165) is 6.54 Å². The summed E-state index contributed by atoms with van der Waals surface area (Å²) in [5, 5.41) is 0. The highest BCUT2D eigenvalue weighted by Crippen LogP contribution is 1.56. The molecule has 1 nitrogen and oxygen atoms in total. The van der Waals surface area contributed by atoms with Crippen molar-refractivity contribution in [2.24, 2.45) is 5.73 Å². The Morgan fingerprint density at radius 3 is 2.17 bits per heavy atom. The van der Waals surface area contributed by atoms with E-state index in [0.29, 0.717) is 0 Å². The summed E-state index contributed by atoms with van der Waals surface area (Å²) in [5.41, 5.74) is 7.37. The molecule has 0 radical (unpaired) electrons. The van der Waals surface area contributed by atoms with E-state index in [9.17, 15) is 0 Å². The van der Waals surface area contributed by atoms with E-state index >= 15 is 0 Å². The van der Waals surface area contributed by atoms with Gasteiger partial charge in [-0.2, -0.15) is 0 Å². The molecule has 0 atom stereocenters. The summed E-state index contributed by atoms with van der Waals surface area (Å²) < 4.78 is 0. The lowest BCUT2D eigenvalue weighted by molar-refractivity contribution is 1.36. The van der Waals surface area contributed by atoms with Crippen molar-refractivity contribution in [3.05, 3.63) is 0 Å². The van der Waals surface area contributed by atoms with Crippen LogP contribution in [0.3, 0.4) is 0 Å². The first-order valence-electron chi connectivity index (χ1n) is 2.11. The van der Waals surface area contributed by atoms with Gasteiger partial charge in [-0.25, -0.2) is 0 Å². The Morgan fingerprint density at radius 1 is 1.67 bits per heavy atom. The molecule has 6 heavy (non-hydrogen) atoms. The van der Waals surface area contributed by atoms with E-state index in [2.05, 4.69) is 18.8 Å². The topological polar surface area (TPSA) is 26.0 Å². The highest BCUT2D eigenvalue weighted by molar-refractivity contribution is 6.63. The van der Waals surface area contributed by atoms with Crippen molar-refractivity contribution in [1.29, 1.82) is 0 Å². The van der Waals surface area contributed by atoms with Crippen molar-refractivity contribution < 1.29 is 0 Å². The van der Waals surface area contributed by atoms with E-state index in [-0.39, 0.29) is 8.41 Å². The lowest BCUT2D eigenvalue weighted by Crippen LogP contribution is -2.05. The minimum Gasteiger partial charge on any atom is -0.327 e. The molecule has 0 aliphatic rings. The quantitative estimate of drug-likeness (QED) is 0.465. The summed E-state index contributed by atoms with van der Waals surface area (Å²) >= 11 is 0. The van der Waals surface area contributed by atoms with E-state index < -0.39 is 0 Å². The van der Waals surface area contributed by atoms with Crippen molar-refractivity contribution in [3.8, 4) is 0 Å². The lowest BCUT2D eigenvalue weighted by atomic mass is 10.8. The van der Waals surface area contributed by atoms with Crippen LogP contribution in [0.2, 0.25) is 13.1 Å². The first kappa shape index (κ1) is 6.05. The van der Waals surface area contributed by atoms with Crippen LogP contribution in [0, 0.1) is 0 Å². The Labute approximate surface area is 40.4 Å². The van der Waals surface area contributed by atoms with Gasteiger partial charge in [0.1, 0.15) is 0 Å². The maximum Gasteiger partial charge on any atom is 0.00671 e. The van der Waals surface area contributed by atoms with Gasteiger partial charge < -0.3 is 5.73 Å². The Hall–Kier alpha value is 0.0469. The van der Waals surface area contributed by atoms with Crippen molar-refractivity contribution in [2.45, 2.75) is 13.1 Å². The molecular weight excluding hydrogens is 90.1 g/mol. The molecule has 0 unspecified atom stereocenters. The molecule has 36 valence electrons. The van der Waals surface area contributed by atoms with Gasteiger partial charge in [-0.1, -0.05) is 18.8 Å². The SMILES string of the molecule is C[Si](C)=CCN. The molecule has 0 fully saturated rings. The predicted octanol–water partition coefficient (Wildman–Crippen LogP) is 0.0834. The number of rotatable bonds is 1. The van der Waals surface area contributed by atoms with E-state index in [1.54, 1.807) is 0 Å². The molecule has 0 rings (SSSR count). The number of hydrogen-bond donors (Lipinski definition) is 1. The van der Waals surface area contributed by atoms with Crippen LogP contribution >= 0.6 is 0 Å². The van der Waals surface area contributed by atoms with Gasteiger partial charge in [0.25, 0.3) is 0 Å². The normalized spacial score (nSPS) is 7.83. The van der Waals surface area contributed by atoms with Gasteiger partial charge in [0.2, 0.25) is 0 Å². The van der Waals surface area contributed by atoms with Crippen molar-refractivity contribution in [2.75, 3.05) is 6.54 Å². The van der Waals surface area contributed by atoms with Gasteiger partial charge in [-0.05, 0) is 0 Å². The standard InChI is InChI=1S/C4H11NSi/c1-6(2)4-3-5/h4H,3,5H2,1-2H3. The molecule has 0 heterocycles. The molecule has 2 N–H and O–H groups in total. The Balaban J connectivity index is 3.14. The first-order chi connectivity index (χ1) is 2.77. The van der Waals surface area contributed by atoms with Gasteiger partial charge in [0.15, 0.2) is 0 Å². The third kappa shape index (κ3) is 4.05. The fourth-order valence-electron chi connectivity index (χ4n) is 0.236. The van der Waals surface area contributed by atoms with E-state index in [1.807, 2.05) is 0 Å². The van der Waals surface area contributed by atoms with Gasteiger partial charge in [-0.15, -0.1) is 0 Å². The van der Waals surface area contributed by atoms with Gasteiger partial charge in [-0.3, -0.25) is 0 Å². The molecule has 0 aromatic carbocycles. The average Bonchev–Trinajstić information content (AvgIpc) is 1.35. The van der Waals surface area contributed by atoms with Gasteiger partial charge in [0, 0.05) is 15.0 Å². The van der Waals surface area contributed by atoms with Crippen LogP contribution in [0.15, 0.2) is 0 Å². The van der Waals surface area contributed by atoms with Gasteiger partial charge in [0.05, 0.1) is 0 Å². The predicted molar refractivity (Wildman–Crippen MR) is 32.6 cm³/mol. The monoisotopic (exact) mass is 101 g/mol. The fraction of sp³-hybridized carbons (Fsp3) is 0.750. The van der Waals surface area contributed by atoms with Gasteiger partial charge >= 0.3 is 0 Å². The molecule has 0 saturated carbocycles. The summed E-state index contributed by atoms with van der Waals surface area (Å²) in [4.78, 5) is 0. The van der Waals surface area contributed by atoms with Crippen LogP contribution < -0.4 is 5.73 Å². The van der Waals surface area contributed by atoms with Crippen molar-refractivity contribution in [1.82, 2.24) is 0 Å². The molecule has 0 aliphatic carbocycles. The van der Waals surface area contributed by atoms with E-state index in [1.165, 1.54) is 0 Å². The summed E-state index contributed by atoms with van der Waals surface area (Å²) in [6.45, 7) is 5.19. The molecule has 0 aliphatic heterocycles. The van der Waals surface area contributed by atoms with Crippen LogP contribution in [0.25, 0.3) is 0 Å². The molecule has 0 amide bonds. The molecule has 0 aromatic rings. The molecule has 0 bridgehead atoms. The average molecular weight is 101 g/mol. The second-order valence-electron chi connectivity index (χ2n) is 1.52. The number of nitrogens with two attached hydrogens (primary N) is 1. The van der Waals surface area contributed by atoms with E-state index in [4.69, 9.17) is 5.73 Å². The number of hydrogen-bond acceptors (Lipinski definition) is 1. The maximum atomic E-state index is 5.20. The second kappa shape index (κ2) is 3.25. The molecule has 0 saturated heterocycles. The Morgan fingerprint density at radius 2 is 2.17 bits per heavy atom. The highest BCUT2D eigenvalue weighted by atomic mass is 28.2. The third-order valence-electron chi connectivity index (χ3n) is 0.526. The summed E-state index contributed by atoms with van der Waals surface area (Å²) in [5.74, 6) is 0. The summed E-state index contributed by atoms with van der Waals surface area (Å²) in [7, 11) is -0.136. The largest absolute Gasteiger partial charge is 0.327 e. The summed E-state index contributed by atoms with van der Waals surface area (Å²) in [6, 6.07) is 0. The Bertz CT molecular complexity index is 54.6. The van der Waals surface area contributed by atoms with Crippen LogP contribution in [-0.4, -0.2) is 20.6 Å². The minimum atomic E-state index is -0.136. The molecule has 0 spiro atoms. The highest BCUT2D eigenvalue weighted by Gasteiger charge is 1.69. The zero-order chi connectivity index (χ0) is 4.99. The first-order valence-corrected chi connectivity index (χ1v) is 4.68. The zero-order valence-corrected chi connectivity index (χ0v) is 5.36.